The molecule has 1 amide bonds. The van der Waals surface area contributed by atoms with E-state index in [0.717, 1.165) is 15.1 Å². The summed E-state index contributed by atoms with van der Waals surface area (Å²) in [5.74, 6) is -0.233. The number of rotatable bonds is 4. The lowest BCUT2D eigenvalue weighted by atomic mass is 10.3. The lowest BCUT2D eigenvalue weighted by molar-refractivity contribution is -0.116. The first-order valence-corrected chi connectivity index (χ1v) is 7.90. The van der Waals surface area contributed by atoms with Crippen LogP contribution in [0.3, 0.4) is 0 Å². The van der Waals surface area contributed by atoms with Crippen molar-refractivity contribution < 1.29 is 4.79 Å². The minimum atomic E-state index is -0.233. The highest BCUT2D eigenvalue weighted by atomic mass is 79.9. The van der Waals surface area contributed by atoms with E-state index in [1.54, 1.807) is 24.0 Å². The van der Waals surface area contributed by atoms with E-state index in [1.165, 1.54) is 10.6 Å². The van der Waals surface area contributed by atoms with Crippen LogP contribution in [0.4, 0.5) is 5.69 Å². The van der Waals surface area contributed by atoms with Crippen molar-refractivity contribution in [3.05, 3.63) is 57.4 Å². The number of thioether (sulfide) groups is 1. The Morgan fingerprint density at radius 1 is 1.35 bits per heavy atom. The Morgan fingerprint density at radius 2 is 2.15 bits per heavy atom. The Hall–Kier alpha value is -1.53. The van der Waals surface area contributed by atoms with Crippen LogP contribution in [0, 0.1) is 0 Å². The number of hydrogen-bond donors (Lipinski definition) is 1. The van der Waals surface area contributed by atoms with Crippen LogP contribution in [0.5, 0.6) is 0 Å². The molecule has 0 aliphatic carbocycles. The number of carbonyl (C=O) groups excluding carboxylic acids is 1. The summed E-state index contributed by atoms with van der Waals surface area (Å²) < 4.78 is 2.12. The first-order valence-electron chi connectivity index (χ1n) is 5.88. The van der Waals surface area contributed by atoms with Crippen LogP contribution in [-0.4, -0.2) is 16.7 Å². The van der Waals surface area contributed by atoms with Crippen molar-refractivity contribution in [2.45, 2.75) is 11.4 Å². The fourth-order valence-electron chi connectivity index (χ4n) is 1.68. The highest BCUT2D eigenvalue weighted by molar-refractivity contribution is 9.10. The van der Waals surface area contributed by atoms with Crippen molar-refractivity contribution in [2.24, 2.45) is 0 Å². The fraction of sp³-hybridized carbons (Fsp3) is 0.143. The molecule has 0 bridgehead atoms. The zero-order valence-electron chi connectivity index (χ0n) is 10.8. The summed E-state index contributed by atoms with van der Waals surface area (Å²) in [6, 6.07) is 10.6. The molecular formula is C14H13BrN2O2S. The molecule has 20 heavy (non-hydrogen) atoms. The maximum Gasteiger partial charge on any atom is 0.251 e. The second-order valence-electron chi connectivity index (χ2n) is 4.09. The van der Waals surface area contributed by atoms with Crippen molar-refractivity contribution in [1.82, 2.24) is 4.57 Å². The van der Waals surface area contributed by atoms with Crippen LogP contribution >= 0.6 is 27.7 Å². The molecule has 0 aliphatic heterocycles. The van der Waals surface area contributed by atoms with E-state index in [9.17, 15) is 9.59 Å². The van der Waals surface area contributed by atoms with E-state index >= 15 is 0 Å². The standard InChI is InChI=1S/C14H13BrN2O2S/c1-20-12-4-2-3-11(7-12)16-13(18)9-17-8-10(15)5-6-14(17)19/h2-8H,9H2,1H3,(H,16,18). The van der Waals surface area contributed by atoms with Crippen molar-refractivity contribution in [3.8, 4) is 0 Å². The topological polar surface area (TPSA) is 51.1 Å². The maximum atomic E-state index is 12.0. The van der Waals surface area contributed by atoms with Gasteiger partial charge < -0.3 is 9.88 Å². The average molecular weight is 353 g/mol. The molecule has 4 nitrogen and oxygen atoms in total. The molecule has 104 valence electrons. The monoisotopic (exact) mass is 352 g/mol. The van der Waals surface area contributed by atoms with E-state index in [1.807, 2.05) is 30.5 Å². The molecule has 0 unspecified atom stereocenters. The quantitative estimate of drug-likeness (QED) is 0.860. The molecule has 0 aliphatic rings. The van der Waals surface area contributed by atoms with Crippen molar-refractivity contribution in [3.63, 3.8) is 0 Å². The fourth-order valence-corrected chi connectivity index (χ4v) is 2.52. The molecule has 6 heteroatoms. The Balaban J connectivity index is 2.09. The van der Waals surface area contributed by atoms with Gasteiger partial charge in [-0.3, -0.25) is 9.59 Å². The molecule has 0 atom stereocenters. The van der Waals surface area contributed by atoms with Gasteiger partial charge in [0, 0.05) is 27.3 Å². The smallest absolute Gasteiger partial charge is 0.251 e. The molecule has 0 spiro atoms. The number of carbonyl (C=O) groups is 1. The van der Waals surface area contributed by atoms with Crippen molar-refractivity contribution in [2.75, 3.05) is 11.6 Å². The summed E-state index contributed by atoms with van der Waals surface area (Å²) >= 11 is 4.88. The van der Waals surface area contributed by atoms with Crippen molar-refractivity contribution >= 4 is 39.3 Å². The highest BCUT2D eigenvalue weighted by Crippen LogP contribution is 2.18. The molecule has 0 saturated heterocycles. The third-order valence-corrected chi connectivity index (χ3v) is 3.81. The SMILES string of the molecule is CSc1cccc(NC(=O)Cn2cc(Br)ccc2=O)c1. The second-order valence-corrected chi connectivity index (χ2v) is 5.89. The summed E-state index contributed by atoms with van der Waals surface area (Å²) in [6.45, 7) is -0.0121. The Bertz CT molecular complexity index is 685. The van der Waals surface area contributed by atoms with Crippen LogP contribution in [-0.2, 0) is 11.3 Å². The van der Waals surface area contributed by atoms with E-state index in [-0.39, 0.29) is 18.0 Å². The van der Waals surface area contributed by atoms with Crippen molar-refractivity contribution in [1.29, 1.82) is 0 Å². The van der Waals surface area contributed by atoms with Crippen LogP contribution in [0.2, 0.25) is 0 Å². The predicted octanol–water partition coefficient (Wildman–Crippen LogP) is 2.97. The second kappa shape index (κ2) is 6.76. The first-order chi connectivity index (χ1) is 9.58. The van der Waals surface area contributed by atoms with E-state index < -0.39 is 0 Å². The number of nitrogens with zero attached hydrogens (tertiary/aromatic N) is 1. The van der Waals surface area contributed by atoms with Gasteiger partial charge in [0.05, 0.1) is 0 Å². The predicted molar refractivity (Wildman–Crippen MR) is 85.3 cm³/mol. The van der Waals surface area contributed by atoms with Crippen LogP contribution < -0.4 is 10.9 Å². The molecule has 1 N–H and O–H groups in total. The summed E-state index contributed by atoms with van der Waals surface area (Å²) in [6.07, 6.45) is 3.57. The van der Waals surface area contributed by atoms with Gasteiger partial charge in [-0.25, -0.2) is 0 Å². The van der Waals surface area contributed by atoms with Crippen LogP contribution in [0.25, 0.3) is 0 Å². The third-order valence-electron chi connectivity index (χ3n) is 2.61. The summed E-state index contributed by atoms with van der Waals surface area (Å²) in [4.78, 5) is 24.6. The number of hydrogen-bond acceptors (Lipinski definition) is 3. The van der Waals surface area contributed by atoms with Gasteiger partial charge in [0.1, 0.15) is 6.54 Å². The third kappa shape index (κ3) is 3.98. The molecular weight excluding hydrogens is 340 g/mol. The number of pyridine rings is 1. The number of aromatic nitrogens is 1. The Labute approximate surface area is 129 Å². The average Bonchev–Trinajstić information content (AvgIpc) is 2.43. The van der Waals surface area contributed by atoms with E-state index in [2.05, 4.69) is 21.2 Å². The highest BCUT2D eigenvalue weighted by Gasteiger charge is 2.06. The molecule has 1 aromatic heterocycles. The van der Waals surface area contributed by atoms with Crippen LogP contribution in [0.15, 0.2) is 56.8 Å². The van der Waals surface area contributed by atoms with Gasteiger partial charge in [-0.05, 0) is 46.5 Å². The number of halogens is 1. The van der Waals surface area contributed by atoms with Gasteiger partial charge in [-0.2, -0.15) is 0 Å². The first kappa shape index (κ1) is 14.9. The van der Waals surface area contributed by atoms with E-state index in [4.69, 9.17) is 0 Å². The summed E-state index contributed by atoms with van der Waals surface area (Å²) in [7, 11) is 0. The normalized spacial score (nSPS) is 10.3. The molecule has 2 rings (SSSR count). The van der Waals surface area contributed by atoms with Gasteiger partial charge in [0.2, 0.25) is 5.91 Å². The Morgan fingerprint density at radius 3 is 2.90 bits per heavy atom. The largest absolute Gasteiger partial charge is 0.324 e. The molecule has 1 heterocycles. The van der Waals surface area contributed by atoms with Gasteiger partial charge in [0.15, 0.2) is 0 Å². The number of amides is 1. The molecule has 1 aromatic carbocycles. The summed E-state index contributed by atoms with van der Waals surface area (Å²) in [5.41, 5.74) is 0.520. The van der Waals surface area contributed by atoms with E-state index in [0.29, 0.717) is 0 Å². The van der Waals surface area contributed by atoms with Gasteiger partial charge in [-0.15, -0.1) is 11.8 Å². The zero-order valence-corrected chi connectivity index (χ0v) is 13.2. The molecule has 0 fully saturated rings. The maximum absolute atomic E-state index is 12.0. The van der Waals surface area contributed by atoms with Gasteiger partial charge in [0.25, 0.3) is 5.56 Å². The Kier molecular flexibility index (Phi) is 5.03. The van der Waals surface area contributed by atoms with Crippen LogP contribution in [0.1, 0.15) is 0 Å². The summed E-state index contributed by atoms with van der Waals surface area (Å²) in [5, 5.41) is 2.78. The molecule has 0 saturated carbocycles. The van der Waals surface area contributed by atoms with Gasteiger partial charge >= 0.3 is 0 Å². The number of nitrogens with one attached hydrogen (secondary N) is 1. The lowest BCUT2D eigenvalue weighted by Gasteiger charge is -2.08. The molecule has 0 radical (unpaired) electrons. The molecule has 2 aromatic rings. The minimum absolute atomic E-state index is 0.0121. The number of anilines is 1. The minimum Gasteiger partial charge on any atom is -0.324 e. The lowest BCUT2D eigenvalue weighted by Crippen LogP contribution is -2.26. The van der Waals surface area contributed by atoms with Gasteiger partial charge in [-0.1, -0.05) is 6.07 Å². The number of benzene rings is 1. The zero-order chi connectivity index (χ0) is 14.5.